The van der Waals surface area contributed by atoms with Crippen LogP contribution in [-0.4, -0.2) is 10.9 Å². The number of benzene rings is 2. The molecule has 0 spiro atoms. The number of nitrogens with one attached hydrogen (secondary N) is 1. The summed E-state index contributed by atoms with van der Waals surface area (Å²) in [5, 5.41) is 4.13. The first-order valence-corrected chi connectivity index (χ1v) is 8.82. The maximum Gasteiger partial charge on any atom is 0.257 e. The van der Waals surface area contributed by atoms with Crippen LogP contribution in [-0.2, 0) is 0 Å². The predicted molar refractivity (Wildman–Crippen MR) is 101 cm³/mol. The lowest BCUT2D eigenvalue weighted by atomic mass is 10.1. The number of aromatic nitrogens is 1. The number of nitrogens with zero attached hydrogens (tertiary/aromatic N) is 1. The molecule has 2 aromatic carbocycles. The zero-order chi connectivity index (χ0) is 17.3. The zero-order valence-electron chi connectivity index (χ0n) is 13.1. The molecule has 1 amide bonds. The molecule has 0 saturated heterocycles. The summed E-state index contributed by atoms with van der Waals surface area (Å²) in [6.07, 6.45) is 0. The number of rotatable bonds is 3. The van der Waals surface area contributed by atoms with E-state index in [1.165, 1.54) is 16.9 Å². The number of amides is 1. The number of halogens is 2. The first-order valence-electron chi connectivity index (χ1n) is 7.25. The van der Waals surface area contributed by atoms with Crippen LogP contribution in [0.25, 0.3) is 11.3 Å². The smallest absolute Gasteiger partial charge is 0.257 e. The van der Waals surface area contributed by atoms with E-state index in [4.69, 9.17) is 23.2 Å². The van der Waals surface area contributed by atoms with E-state index in [0.717, 1.165) is 16.1 Å². The summed E-state index contributed by atoms with van der Waals surface area (Å²) < 4.78 is 0. The van der Waals surface area contributed by atoms with Crippen molar-refractivity contribution in [3.63, 3.8) is 0 Å². The highest BCUT2D eigenvalue weighted by atomic mass is 35.5. The Balaban J connectivity index is 1.83. The van der Waals surface area contributed by atoms with Gasteiger partial charge in [-0.25, -0.2) is 4.98 Å². The SMILES string of the molecule is Cc1ccc(-c2nc(NC(=O)c3ccc(Cl)c(Cl)c3)sc2C)cc1. The number of aryl methyl sites for hydroxylation is 2. The van der Waals surface area contributed by atoms with Gasteiger partial charge in [0, 0.05) is 16.0 Å². The third-order valence-corrected chi connectivity index (χ3v) is 5.15. The topological polar surface area (TPSA) is 42.0 Å². The lowest BCUT2D eigenvalue weighted by Gasteiger charge is -2.03. The van der Waals surface area contributed by atoms with Gasteiger partial charge < -0.3 is 0 Å². The molecule has 0 bridgehead atoms. The lowest BCUT2D eigenvalue weighted by molar-refractivity contribution is 0.102. The first kappa shape index (κ1) is 17.0. The van der Waals surface area contributed by atoms with Crippen molar-refractivity contribution in [2.24, 2.45) is 0 Å². The summed E-state index contributed by atoms with van der Waals surface area (Å²) >= 11 is 13.3. The van der Waals surface area contributed by atoms with Crippen LogP contribution >= 0.6 is 34.5 Å². The summed E-state index contributed by atoms with van der Waals surface area (Å²) in [7, 11) is 0. The minimum Gasteiger partial charge on any atom is -0.298 e. The standard InChI is InChI=1S/C18H14Cl2N2OS/c1-10-3-5-12(6-4-10)16-11(2)24-18(21-16)22-17(23)13-7-8-14(19)15(20)9-13/h3-9H,1-2H3,(H,21,22,23). The van der Waals surface area contributed by atoms with Crippen molar-refractivity contribution in [1.29, 1.82) is 0 Å². The molecule has 3 aromatic rings. The fraction of sp³-hybridized carbons (Fsp3) is 0.111. The highest BCUT2D eigenvalue weighted by molar-refractivity contribution is 7.16. The number of carbonyl (C=O) groups is 1. The van der Waals surface area contributed by atoms with Crippen LogP contribution in [0.2, 0.25) is 10.0 Å². The molecule has 3 rings (SSSR count). The predicted octanol–water partition coefficient (Wildman–Crippen LogP) is 5.99. The molecule has 0 aliphatic rings. The van der Waals surface area contributed by atoms with Crippen molar-refractivity contribution in [1.82, 2.24) is 4.98 Å². The Morgan fingerprint density at radius 3 is 2.42 bits per heavy atom. The van der Waals surface area contributed by atoms with Gasteiger partial charge in [-0.3, -0.25) is 10.1 Å². The number of anilines is 1. The van der Waals surface area contributed by atoms with E-state index < -0.39 is 0 Å². The summed E-state index contributed by atoms with van der Waals surface area (Å²) in [6.45, 7) is 4.03. The molecule has 1 N–H and O–H groups in total. The third-order valence-electron chi connectivity index (χ3n) is 3.52. The molecule has 6 heteroatoms. The molecule has 0 atom stereocenters. The number of hydrogen-bond donors (Lipinski definition) is 1. The van der Waals surface area contributed by atoms with Crippen LogP contribution < -0.4 is 5.32 Å². The van der Waals surface area contributed by atoms with Crippen molar-refractivity contribution >= 4 is 45.6 Å². The summed E-state index contributed by atoms with van der Waals surface area (Å²) in [5.41, 5.74) is 3.54. The van der Waals surface area contributed by atoms with E-state index in [2.05, 4.69) is 10.3 Å². The van der Waals surface area contributed by atoms with E-state index >= 15 is 0 Å². The lowest BCUT2D eigenvalue weighted by Crippen LogP contribution is -2.11. The summed E-state index contributed by atoms with van der Waals surface area (Å²) in [5.74, 6) is -0.266. The van der Waals surface area contributed by atoms with E-state index in [-0.39, 0.29) is 5.91 Å². The Bertz CT molecular complexity index is 904. The van der Waals surface area contributed by atoms with Gasteiger partial charge in [-0.15, -0.1) is 11.3 Å². The van der Waals surface area contributed by atoms with Crippen LogP contribution in [0, 0.1) is 13.8 Å². The van der Waals surface area contributed by atoms with Gasteiger partial charge >= 0.3 is 0 Å². The average molecular weight is 377 g/mol. The third kappa shape index (κ3) is 3.61. The maximum atomic E-state index is 12.3. The van der Waals surface area contributed by atoms with Gasteiger partial charge in [0.15, 0.2) is 5.13 Å². The quantitative estimate of drug-likeness (QED) is 0.610. The molecule has 0 saturated carbocycles. The van der Waals surface area contributed by atoms with E-state index in [1.807, 2.05) is 38.1 Å². The molecule has 0 radical (unpaired) electrons. The van der Waals surface area contributed by atoms with Crippen molar-refractivity contribution < 1.29 is 4.79 Å². The highest BCUT2D eigenvalue weighted by Gasteiger charge is 2.14. The molecule has 122 valence electrons. The molecule has 0 fully saturated rings. The van der Waals surface area contributed by atoms with Gasteiger partial charge in [0.2, 0.25) is 0 Å². The second-order valence-corrected chi connectivity index (χ2v) is 7.39. The minimum atomic E-state index is -0.266. The largest absolute Gasteiger partial charge is 0.298 e. The van der Waals surface area contributed by atoms with E-state index in [1.54, 1.807) is 18.2 Å². The van der Waals surface area contributed by atoms with Gasteiger partial charge in [0.05, 0.1) is 15.7 Å². The van der Waals surface area contributed by atoms with E-state index in [0.29, 0.717) is 20.7 Å². The monoisotopic (exact) mass is 376 g/mol. The van der Waals surface area contributed by atoms with Crippen molar-refractivity contribution in [3.05, 3.63) is 68.5 Å². The molecule has 0 aliphatic heterocycles. The number of hydrogen-bond acceptors (Lipinski definition) is 3. The highest BCUT2D eigenvalue weighted by Crippen LogP contribution is 2.31. The molecule has 0 unspecified atom stereocenters. The molecule has 24 heavy (non-hydrogen) atoms. The Morgan fingerprint density at radius 2 is 1.75 bits per heavy atom. The minimum absolute atomic E-state index is 0.266. The van der Waals surface area contributed by atoms with Crippen molar-refractivity contribution in [2.75, 3.05) is 5.32 Å². The molecular formula is C18H14Cl2N2OS. The fourth-order valence-electron chi connectivity index (χ4n) is 2.24. The second kappa shape index (κ2) is 6.93. The van der Waals surface area contributed by atoms with Crippen LogP contribution in [0.5, 0.6) is 0 Å². The van der Waals surface area contributed by atoms with E-state index in [9.17, 15) is 4.79 Å². The maximum absolute atomic E-state index is 12.3. The Kier molecular flexibility index (Phi) is 4.90. The molecule has 3 nitrogen and oxygen atoms in total. The first-order chi connectivity index (χ1) is 11.4. The second-order valence-electron chi connectivity index (χ2n) is 5.37. The summed E-state index contributed by atoms with van der Waals surface area (Å²) in [6, 6.07) is 12.9. The Morgan fingerprint density at radius 1 is 1.04 bits per heavy atom. The van der Waals surface area contributed by atoms with Gasteiger partial charge in [-0.2, -0.15) is 0 Å². The molecule has 1 heterocycles. The normalized spacial score (nSPS) is 10.7. The molecule has 0 aliphatic carbocycles. The summed E-state index contributed by atoms with van der Waals surface area (Å²) in [4.78, 5) is 17.9. The van der Waals surface area contributed by atoms with Gasteiger partial charge in [0.1, 0.15) is 0 Å². The molecule has 1 aromatic heterocycles. The van der Waals surface area contributed by atoms with Crippen LogP contribution in [0.15, 0.2) is 42.5 Å². The Hall–Kier alpha value is -1.88. The van der Waals surface area contributed by atoms with Crippen LogP contribution in [0.4, 0.5) is 5.13 Å². The average Bonchev–Trinajstić information content (AvgIpc) is 2.91. The Labute approximate surface area is 154 Å². The van der Waals surface area contributed by atoms with Gasteiger partial charge in [-0.1, -0.05) is 53.0 Å². The fourth-order valence-corrected chi connectivity index (χ4v) is 3.36. The van der Waals surface area contributed by atoms with Gasteiger partial charge in [0.25, 0.3) is 5.91 Å². The number of thiazole rings is 1. The molecular weight excluding hydrogens is 363 g/mol. The van der Waals surface area contributed by atoms with Crippen LogP contribution in [0.3, 0.4) is 0 Å². The zero-order valence-corrected chi connectivity index (χ0v) is 15.4. The van der Waals surface area contributed by atoms with Crippen LogP contribution in [0.1, 0.15) is 20.8 Å². The number of carbonyl (C=O) groups excluding carboxylic acids is 1. The van der Waals surface area contributed by atoms with Crippen molar-refractivity contribution in [2.45, 2.75) is 13.8 Å². The van der Waals surface area contributed by atoms with Crippen molar-refractivity contribution in [3.8, 4) is 11.3 Å². The van der Waals surface area contributed by atoms with Gasteiger partial charge in [-0.05, 0) is 32.0 Å².